The van der Waals surface area contributed by atoms with E-state index in [0.29, 0.717) is 27.1 Å². The van der Waals surface area contributed by atoms with Gasteiger partial charge in [-0.15, -0.1) is 0 Å². The van der Waals surface area contributed by atoms with Gasteiger partial charge in [-0.05, 0) is 46.1 Å². The van der Waals surface area contributed by atoms with Crippen molar-refractivity contribution in [1.82, 2.24) is 10.6 Å². The molecule has 0 saturated heterocycles. The smallest absolute Gasteiger partial charge is 0.343 e. The molecule has 2 aromatic carbocycles. The maximum absolute atomic E-state index is 12.5. The van der Waals surface area contributed by atoms with Gasteiger partial charge in [-0.25, -0.2) is 9.59 Å². The van der Waals surface area contributed by atoms with Crippen molar-refractivity contribution in [2.75, 3.05) is 13.7 Å². The van der Waals surface area contributed by atoms with Crippen molar-refractivity contribution in [3.63, 3.8) is 0 Å². The van der Waals surface area contributed by atoms with Crippen molar-refractivity contribution in [2.24, 2.45) is 0 Å². The van der Waals surface area contributed by atoms with E-state index in [0.717, 1.165) is 5.56 Å². The lowest BCUT2D eigenvalue weighted by Gasteiger charge is -2.29. The number of ketones is 1. The van der Waals surface area contributed by atoms with Crippen LogP contribution in [0.25, 0.3) is 5.70 Å². The highest BCUT2D eigenvalue weighted by Crippen LogP contribution is 2.35. The summed E-state index contributed by atoms with van der Waals surface area (Å²) in [6.07, 6.45) is 0. The number of carbonyl (C=O) groups excluding carboxylic acids is 3. The number of halogens is 1. The first-order chi connectivity index (χ1) is 13.9. The van der Waals surface area contributed by atoms with Gasteiger partial charge in [0, 0.05) is 5.57 Å². The minimum Gasteiger partial charge on any atom is -0.481 e. The lowest BCUT2D eigenvalue weighted by atomic mass is 9.90. The number of carbonyl (C=O) groups is 3. The molecule has 1 aliphatic rings. The van der Waals surface area contributed by atoms with Gasteiger partial charge < -0.3 is 20.1 Å². The van der Waals surface area contributed by atoms with Crippen LogP contribution in [0.1, 0.15) is 24.1 Å². The number of rotatable bonds is 6. The van der Waals surface area contributed by atoms with Crippen LogP contribution in [0.4, 0.5) is 4.79 Å². The molecule has 2 N–H and O–H groups in total. The van der Waals surface area contributed by atoms with Gasteiger partial charge in [0.25, 0.3) is 0 Å². The van der Waals surface area contributed by atoms with Gasteiger partial charge in [-0.3, -0.25) is 4.79 Å². The van der Waals surface area contributed by atoms with E-state index in [2.05, 4.69) is 31.3 Å². The fourth-order valence-corrected chi connectivity index (χ4v) is 3.55. The molecule has 0 radical (unpaired) electrons. The van der Waals surface area contributed by atoms with Gasteiger partial charge >= 0.3 is 12.0 Å². The standard InChI is InChI=1S/C21H19BrN2O5/c1-12(25)18-19(13-6-4-3-5-7-13)23-21(27)24-20(18)14-8-9-16(15(22)10-14)29-11-17(26)28-2/h3-10,20H,11H2,1-2H3,(H2,23,24,27)/t20-/m1/s1. The highest BCUT2D eigenvalue weighted by atomic mass is 79.9. The van der Waals surface area contributed by atoms with Crippen molar-refractivity contribution in [2.45, 2.75) is 13.0 Å². The number of methoxy groups -OCH3 is 1. The maximum atomic E-state index is 12.5. The Hall–Kier alpha value is -3.13. The Morgan fingerprint density at radius 3 is 2.48 bits per heavy atom. The number of ether oxygens (including phenoxy) is 2. The van der Waals surface area contributed by atoms with E-state index < -0.39 is 18.0 Å². The first-order valence-corrected chi connectivity index (χ1v) is 9.57. The van der Waals surface area contributed by atoms with Crippen LogP contribution in [0, 0.1) is 0 Å². The third kappa shape index (κ3) is 4.65. The summed E-state index contributed by atoms with van der Waals surface area (Å²) >= 11 is 3.41. The molecule has 3 rings (SSSR count). The Balaban J connectivity index is 2.00. The van der Waals surface area contributed by atoms with Gasteiger partial charge in [-0.1, -0.05) is 36.4 Å². The number of benzene rings is 2. The lowest BCUT2D eigenvalue weighted by Crippen LogP contribution is -2.44. The van der Waals surface area contributed by atoms with Gasteiger partial charge in [0.2, 0.25) is 0 Å². The van der Waals surface area contributed by atoms with Crippen molar-refractivity contribution >= 4 is 39.4 Å². The van der Waals surface area contributed by atoms with E-state index in [1.807, 2.05) is 30.3 Å². The molecule has 7 nitrogen and oxygen atoms in total. The van der Waals surface area contributed by atoms with E-state index in [1.54, 1.807) is 18.2 Å². The van der Waals surface area contributed by atoms with Crippen LogP contribution in [0.3, 0.4) is 0 Å². The largest absolute Gasteiger partial charge is 0.481 e. The lowest BCUT2D eigenvalue weighted by molar-refractivity contribution is -0.142. The molecule has 0 fully saturated rings. The number of esters is 1. The number of urea groups is 1. The van der Waals surface area contributed by atoms with Crippen LogP contribution in [0.2, 0.25) is 0 Å². The first-order valence-electron chi connectivity index (χ1n) is 8.77. The zero-order valence-electron chi connectivity index (χ0n) is 15.8. The average Bonchev–Trinajstić information content (AvgIpc) is 2.72. The molecule has 2 aromatic rings. The Morgan fingerprint density at radius 1 is 1.14 bits per heavy atom. The molecule has 0 saturated carbocycles. The SMILES string of the molecule is COC(=O)COc1ccc([C@H]2NC(=O)NC(c3ccccc3)=C2C(C)=O)cc1Br. The number of hydrogen-bond donors (Lipinski definition) is 2. The Morgan fingerprint density at radius 2 is 1.86 bits per heavy atom. The third-order valence-corrected chi connectivity index (χ3v) is 5.00. The molecule has 0 unspecified atom stereocenters. The van der Waals surface area contributed by atoms with Crippen LogP contribution in [0.5, 0.6) is 5.75 Å². The van der Waals surface area contributed by atoms with Crippen LogP contribution >= 0.6 is 15.9 Å². The number of Topliss-reactive ketones (excluding diaryl/α,β-unsaturated/α-hetero) is 1. The van der Waals surface area contributed by atoms with Crippen molar-refractivity contribution in [3.05, 3.63) is 69.7 Å². The molecule has 1 aliphatic heterocycles. The monoisotopic (exact) mass is 458 g/mol. The van der Waals surface area contributed by atoms with E-state index in [9.17, 15) is 14.4 Å². The third-order valence-electron chi connectivity index (χ3n) is 4.38. The van der Waals surface area contributed by atoms with E-state index in [1.165, 1.54) is 14.0 Å². The van der Waals surface area contributed by atoms with E-state index >= 15 is 0 Å². The number of amides is 2. The predicted molar refractivity (Wildman–Crippen MR) is 110 cm³/mol. The first kappa shape index (κ1) is 20.6. The highest BCUT2D eigenvalue weighted by Gasteiger charge is 2.31. The number of hydrogen-bond acceptors (Lipinski definition) is 5. The second-order valence-corrected chi connectivity index (χ2v) is 7.15. The summed E-state index contributed by atoms with van der Waals surface area (Å²) in [6, 6.07) is 13.3. The summed E-state index contributed by atoms with van der Waals surface area (Å²) in [5.74, 6) is -0.222. The van der Waals surface area contributed by atoms with Gasteiger partial charge in [0.1, 0.15) is 5.75 Å². The topological polar surface area (TPSA) is 93.7 Å². The summed E-state index contributed by atoms with van der Waals surface area (Å²) < 4.78 is 10.6. The van der Waals surface area contributed by atoms with Crippen molar-refractivity contribution in [1.29, 1.82) is 0 Å². The Kier molecular flexibility index (Phi) is 6.33. The second-order valence-electron chi connectivity index (χ2n) is 6.30. The molecule has 2 amide bonds. The molecular weight excluding hydrogens is 440 g/mol. The van der Waals surface area contributed by atoms with E-state index in [4.69, 9.17) is 4.74 Å². The fraction of sp³-hybridized carbons (Fsp3) is 0.190. The molecule has 0 aliphatic carbocycles. The average molecular weight is 459 g/mol. The molecule has 0 aromatic heterocycles. The van der Waals surface area contributed by atoms with Gasteiger partial charge in [0.05, 0.1) is 23.3 Å². The van der Waals surface area contributed by atoms with Gasteiger partial charge in [-0.2, -0.15) is 0 Å². The predicted octanol–water partition coefficient (Wildman–Crippen LogP) is 3.36. The molecule has 0 bridgehead atoms. The summed E-state index contributed by atoms with van der Waals surface area (Å²) in [5, 5.41) is 5.56. The summed E-state index contributed by atoms with van der Waals surface area (Å²) in [6.45, 7) is 1.24. The molecule has 8 heteroatoms. The quantitative estimate of drug-likeness (QED) is 0.647. The Bertz CT molecular complexity index is 988. The van der Waals surface area contributed by atoms with E-state index in [-0.39, 0.29) is 12.4 Å². The molecule has 0 spiro atoms. The van der Waals surface area contributed by atoms with Crippen LogP contribution in [-0.2, 0) is 14.3 Å². The highest BCUT2D eigenvalue weighted by molar-refractivity contribution is 9.10. The summed E-state index contributed by atoms with van der Waals surface area (Å²) in [4.78, 5) is 36.1. The van der Waals surface area contributed by atoms with Gasteiger partial charge in [0.15, 0.2) is 12.4 Å². The molecular formula is C21H19BrN2O5. The minimum atomic E-state index is -0.637. The summed E-state index contributed by atoms with van der Waals surface area (Å²) in [5.41, 5.74) is 2.37. The Labute approximate surface area is 176 Å². The number of nitrogens with one attached hydrogen (secondary N) is 2. The molecule has 1 atom stereocenters. The van der Waals surface area contributed by atoms with Crippen LogP contribution < -0.4 is 15.4 Å². The zero-order chi connectivity index (χ0) is 21.0. The van der Waals surface area contributed by atoms with Crippen molar-refractivity contribution in [3.8, 4) is 5.75 Å². The maximum Gasteiger partial charge on any atom is 0.343 e. The molecule has 29 heavy (non-hydrogen) atoms. The fourth-order valence-electron chi connectivity index (χ4n) is 3.04. The van der Waals surface area contributed by atoms with Crippen molar-refractivity contribution < 1.29 is 23.9 Å². The van der Waals surface area contributed by atoms with Crippen LogP contribution in [0.15, 0.2) is 58.6 Å². The zero-order valence-corrected chi connectivity index (χ0v) is 17.4. The second kappa shape index (κ2) is 8.91. The minimum absolute atomic E-state index is 0.163. The molecule has 1 heterocycles. The van der Waals surface area contributed by atoms with Crippen LogP contribution in [-0.4, -0.2) is 31.5 Å². The molecule has 150 valence electrons. The summed E-state index contributed by atoms with van der Waals surface area (Å²) in [7, 11) is 1.28. The normalized spacial score (nSPS) is 16.0.